The molecule has 0 aromatic carbocycles. The molecule has 0 radical (unpaired) electrons. The number of rotatable bonds is 4. The average molecular weight is 263 g/mol. The maximum Gasteiger partial charge on any atom is 0.0886 e. The molecule has 0 spiro atoms. The number of hydrogen-bond acceptors (Lipinski definition) is 4. The fourth-order valence-corrected chi connectivity index (χ4v) is 3.24. The molecule has 0 bridgehead atoms. The molecule has 1 aromatic rings. The molecule has 4 nitrogen and oxygen atoms in total. The average Bonchev–Trinajstić information content (AvgIpc) is 2.68. The van der Waals surface area contributed by atoms with Crippen molar-refractivity contribution in [3.63, 3.8) is 0 Å². The minimum absolute atomic E-state index is 0.00398. The van der Waals surface area contributed by atoms with E-state index in [2.05, 4.69) is 17.3 Å². The maximum atomic E-state index is 5.95. The molecule has 1 saturated carbocycles. The quantitative estimate of drug-likeness (QED) is 0.498. The van der Waals surface area contributed by atoms with Gasteiger partial charge in [0.05, 0.1) is 11.6 Å². The van der Waals surface area contributed by atoms with E-state index in [1.807, 2.05) is 18.5 Å². The third-order valence-corrected chi connectivity index (χ3v) is 4.44. The summed E-state index contributed by atoms with van der Waals surface area (Å²) in [4.78, 5) is 4.25. The van der Waals surface area contributed by atoms with Crippen LogP contribution in [-0.4, -0.2) is 17.7 Å². The molecule has 106 valence electrons. The third kappa shape index (κ3) is 2.96. The summed E-state index contributed by atoms with van der Waals surface area (Å²) in [5, 5.41) is 0. The first-order valence-corrected chi connectivity index (χ1v) is 7.15. The summed E-state index contributed by atoms with van der Waals surface area (Å²) in [6, 6.07) is 2.03. The number of methoxy groups -OCH3 is 1. The molecular formula is C15H25N3O. The molecule has 0 saturated heterocycles. The molecule has 1 atom stereocenters. The molecule has 1 aromatic heterocycles. The second-order valence-electron chi connectivity index (χ2n) is 5.52. The van der Waals surface area contributed by atoms with Gasteiger partial charge in [0.25, 0.3) is 0 Å². The van der Waals surface area contributed by atoms with Crippen LogP contribution in [0.15, 0.2) is 18.5 Å². The molecule has 19 heavy (non-hydrogen) atoms. The van der Waals surface area contributed by atoms with Crippen LogP contribution in [0, 0.1) is 6.92 Å². The summed E-state index contributed by atoms with van der Waals surface area (Å²) < 4.78 is 5.95. The zero-order chi connectivity index (χ0) is 13.7. The normalized spacial score (nSPS) is 20.8. The Balaban J connectivity index is 2.35. The maximum absolute atomic E-state index is 5.95. The van der Waals surface area contributed by atoms with Crippen molar-refractivity contribution in [2.24, 2.45) is 5.84 Å². The van der Waals surface area contributed by atoms with E-state index in [1.165, 1.54) is 31.2 Å². The Bertz CT molecular complexity index is 400. The van der Waals surface area contributed by atoms with Crippen LogP contribution < -0.4 is 11.3 Å². The van der Waals surface area contributed by atoms with Gasteiger partial charge in [0.2, 0.25) is 0 Å². The summed E-state index contributed by atoms with van der Waals surface area (Å²) in [6.45, 7) is 2.10. The van der Waals surface area contributed by atoms with Gasteiger partial charge >= 0.3 is 0 Å². The number of pyridine rings is 1. The number of hydrogen-bond donors (Lipinski definition) is 2. The molecular weight excluding hydrogens is 238 g/mol. The SMILES string of the molecule is COC1(C(NN)c2cnccc2C)CCCCCC1. The summed E-state index contributed by atoms with van der Waals surface area (Å²) in [7, 11) is 1.81. The van der Waals surface area contributed by atoms with Gasteiger partial charge in [-0.15, -0.1) is 0 Å². The zero-order valence-electron chi connectivity index (χ0n) is 12.0. The van der Waals surface area contributed by atoms with Crippen LogP contribution in [0.25, 0.3) is 0 Å². The molecule has 1 aliphatic carbocycles. The van der Waals surface area contributed by atoms with Gasteiger partial charge in [0.15, 0.2) is 0 Å². The van der Waals surface area contributed by atoms with Crippen LogP contribution in [0.4, 0.5) is 0 Å². The molecule has 4 heteroatoms. The third-order valence-electron chi connectivity index (χ3n) is 4.44. The van der Waals surface area contributed by atoms with E-state index in [-0.39, 0.29) is 11.6 Å². The molecule has 0 aliphatic heterocycles. The van der Waals surface area contributed by atoms with Crippen molar-refractivity contribution in [3.05, 3.63) is 29.6 Å². The van der Waals surface area contributed by atoms with Crippen LogP contribution in [-0.2, 0) is 4.74 Å². The summed E-state index contributed by atoms with van der Waals surface area (Å²) in [6.07, 6.45) is 10.8. The van der Waals surface area contributed by atoms with Crippen LogP contribution in [0.3, 0.4) is 0 Å². The van der Waals surface area contributed by atoms with Crippen molar-refractivity contribution >= 4 is 0 Å². The number of aromatic nitrogens is 1. The number of hydrazine groups is 1. The monoisotopic (exact) mass is 263 g/mol. The first kappa shape index (κ1) is 14.4. The van der Waals surface area contributed by atoms with Gasteiger partial charge in [-0.2, -0.15) is 0 Å². The second kappa shape index (κ2) is 6.46. The van der Waals surface area contributed by atoms with Crippen LogP contribution in [0.2, 0.25) is 0 Å². The number of nitrogens with two attached hydrogens (primary N) is 1. The van der Waals surface area contributed by atoms with Crippen molar-refractivity contribution in [2.75, 3.05) is 7.11 Å². The van der Waals surface area contributed by atoms with Crippen molar-refractivity contribution in [1.29, 1.82) is 0 Å². The molecule has 1 unspecified atom stereocenters. The van der Waals surface area contributed by atoms with E-state index >= 15 is 0 Å². The Kier molecular flexibility index (Phi) is 4.91. The lowest BCUT2D eigenvalue weighted by Crippen LogP contribution is -2.48. The Morgan fingerprint density at radius 3 is 2.53 bits per heavy atom. The standard InChI is InChI=1S/C15H25N3O/c1-12-7-10-17-11-13(12)14(18-16)15(19-2)8-5-3-4-6-9-15/h7,10-11,14,18H,3-6,8-9,16H2,1-2H3. The lowest BCUT2D eigenvalue weighted by atomic mass is 9.82. The highest BCUT2D eigenvalue weighted by atomic mass is 16.5. The van der Waals surface area contributed by atoms with Gasteiger partial charge < -0.3 is 4.74 Å². The number of ether oxygens (including phenoxy) is 1. The van der Waals surface area contributed by atoms with E-state index in [1.54, 1.807) is 7.11 Å². The Hall–Kier alpha value is -0.970. The van der Waals surface area contributed by atoms with Crippen molar-refractivity contribution in [2.45, 2.75) is 57.1 Å². The first-order valence-electron chi connectivity index (χ1n) is 7.15. The fourth-order valence-electron chi connectivity index (χ4n) is 3.24. The predicted octanol–water partition coefficient (Wildman–Crippen LogP) is 2.63. The minimum atomic E-state index is -0.209. The molecule has 2 rings (SSSR count). The number of aryl methyl sites for hydroxylation is 1. The lowest BCUT2D eigenvalue weighted by molar-refractivity contribution is -0.0543. The Labute approximate surface area is 115 Å². The smallest absolute Gasteiger partial charge is 0.0886 e. The van der Waals surface area contributed by atoms with Gasteiger partial charge in [-0.05, 0) is 37.0 Å². The molecule has 1 fully saturated rings. The predicted molar refractivity (Wildman–Crippen MR) is 76.5 cm³/mol. The van der Waals surface area contributed by atoms with E-state index in [0.29, 0.717) is 0 Å². The van der Waals surface area contributed by atoms with Gasteiger partial charge in [-0.25, -0.2) is 5.43 Å². The van der Waals surface area contributed by atoms with E-state index in [0.717, 1.165) is 18.4 Å². The molecule has 1 heterocycles. The summed E-state index contributed by atoms with van der Waals surface area (Å²) >= 11 is 0. The van der Waals surface area contributed by atoms with E-state index in [9.17, 15) is 0 Å². The highest BCUT2D eigenvalue weighted by Gasteiger charge is 2.40. The number of nitrogens with one attached hydrogen (secondary N) is 1. The Morgan fingerprint density at radius 1 is 1.32 bits per heavy atom. The Morgan fingerprint density at radius 2 is 2.00 bits per heavy atom. The van der Waals surface area contributed by atoms with E-state index in [4.69, 9.17) is 10.6 Å². The van der Waals surface area contributed by atoms with Crippen LogP contribution in [0.5, 0.6) is 0 Å². The second-order valence-corrected chi connectivity index (χ2v) is 5.52. The minimum Gasteiger partial charge on any atom is -0.376 e. The van der Waals surface area contributed by atoms with Gasteiger partial charge in [-0.1, -0.05) is 25.7 Å². The highest BCUT2D eigenvalue weighted by molar-refractivity contribution is 5.28. The van der Waals surface area contributed by atoms with Crippen molar-refractivity contribution in [3.8, 4) is 0 Å². The largest absolute Gasteiger partial charge is 0.376 e. The molecule has 3 N–H and O–H groups in total. The summed E-state index contributed by atoms with van der Waals surface area (Å²) in [5.41, 5.74) is 5.13. The number of nitrogens with zero attached hydrogens (tertiary/aromatic N) is 1. The first-order chi connectivity index (χ1) is 9.23. The topological polar surface area (TPSA) is 60.2 Å². The molecule has 0 amide bonds. The van der Waals surface area contributed by atoms with Gasteiger partial charge in [-0.3, -0.25) is 10.8 Å². The van der Waals surface area contributed by atoms with Gasteiger partial charge in [0, 0.05) is 19.5 Å². The van der Waals surface area contributed by atoms with Crippen LogP contribution in [0.1, 0.15) is 55.7 Å². The lowest BCUT2D eigenvalue weighted by Gasteiger charge is -2.39. The van der Waals surface area contributed by atoms with E-state index < -0.39 is 0 Å². The van der Waals surface area contributed by atoms with Crippen LogP contribution >= 0.6 is 0 Å². The fraction of sp³-hybridized carbons (Fsp3) is 0.667. The van der Waals surface area contributed by atoms with Gasteiger partial charge in [0.1, 0.15) is 0 Å². The summed E-state index contributed by atoms with van der Waals surface area (Å²) in [5.74, 6) is 5.86. The molecule has 1 aliphatic rings. The zero-order valence-corrected chi connectivity index (χ0v) is 12.0. The van der Waals surface area contributed by atoms with Crippen molar-refractivity contribution in [1.82, 2.24) is 10.4 Å². The van der Waals surface area contributed by atoms with Crippen molar-refractivity contribution < 1.29 is 4.74 Å². The highest BCUT2D eigenvalue weighted by Crippen LogP contribution is 2.40.